The fourth-order valence-electron chi connectivity index (χ4n) is 17.5. The molecule has 8 aliphatic rings. The van der Waals surface area contributed by atoms with Crippen LogP contribution in [0, 0.1) is 23.3 Å². The number of imide groups is 4. The number of fused-ring (bicyclic) bond motifs is 4. The molecule has 704 valence electrons. The number of carbonyl (C=O) groups is 12. The largest absolute Gasteiger partial charge is 0.481 e. The summed E-state index contributed by atoms with van der Waals surface area (Å²) in [7, 11) is 0. The number of rotatable bonds is 30. The van der Waals surface area contributed by atoms with Crippen LogP contribution in [-0.4, -0.2) is 254 Å². The van der Waals surface area contributed by atoms with E-state index in [2.05, 4.69) is 84.1 Å². The van der Waals surface area contributed by atoms with Crippen LogP contribution in [0.5, 0.6) is 0 Å². The van der Waals surface area contributed by atoms with E-state index in [0.717, 1.165) is 113 Å². The number of aliphatic carboxylic acids is 1. The van der Waals surface area contributed by atoms with E-state index in [-0.39, 0.29) is 123 Å². The summed E-state index contributed by atoms with van der Waals surface area (Å²) >= 11 is 0. The summed E-state index contributed by atoms with van der Waals surface area (Å²) in [4.78, 5) is 158. The Bertz CT molecular complexity index is 6170. The number of piperazine rings is 2. The first-order valence-corrected chi connectivity index (χ1v) is 44.9. The van der Waals surface area contributed by atoms with Crippen LogP contribution in [0.1, 0.15) is 149 Å². The third kappa shape index (κ3) is 23.0. The minimum absolute atomic E-state index is 0.0234. The molecule has 18 rings (SSSR count). The molecular formula is C96H100F4N18O17. The Balaban J connectivity index is 0.000000164. The molecule has 0 aliphatic carbocycles. The first-order valence-electron chi connectivity index (χ1n) is 44.9. The van der Waals surface area contributed by atoms with Crippen LogP contribution in [-0.2, 0) is 60.6 Å². The van der Waals surface area contributed by atoms with Gasteiger partial charge < -0.3 is 76.0 Å². The van der Waals surface area contributed by atoms with Gasteiger partial charge >= 0.3 is 5.97 Å². The van der Waals surface area contributed by atoms with Crippen LogP contribution < -0.4 is 57.7 Å². The van der Waals surface area contributed by atoms with Gasteiger partial charge in [0.2, 0.25) is 29.5 Å². The van der Waals surface area contributed by atoms with Gasteiger partial charge in [0.1, 0.15) is 35.4 Å². The summed E-state index contributed by atoms with van der Waals surface area (Å²) in [6.45, 7) is 10.1. The number of hydrogen-bond donors (Lipinski definition) is 12. The number of piperidine rings is 2. The molecule has 0 bridgehead atoms. The molecule has 2 unspecified atom stereocenters. The van der Waals surface area contributed by atoms with Gasteiger partial charge in [0, 0.05) is 174 Å². The third-order valence-electron chi connectivity index (χ3n) is 24.5. The zero-order valence-electron chi connectivity index (χ0n) is 73.5. The maximum Gasteiger partial charge on any atom is 0.305 e. The molecule has 0 spiro atoms. The number of carboxylic acids is 1. The number of carboxylic acid groups (broad SMARTS) is 1. The molecule has 12 N–H and O–H groups in total. The molecule has 2 atom stereocenters. The van der Waals surface area contributed by atoms with E-state index in [1.54, 1.807) is 24.3 Å². The Kier molecular flexibility index (Phi) is 29.8. The second-order valence-corrected chi connectivity index (χ2v) is 33.7. The van der Waals surface area contributed by atoms with Crippen molar-refractivity contribution in [3.05, 3.63) is 224 Å². The Hall–Kier alpha value is -14.5. The average Bonchev–Trinajstić information content (AvgIpc) is 1.62. The number of hydrogen-bond acceptors (Lipinski definition) is 25. The van der Waals surface area contributed by atoms with Crippen molar-refractivity contribution in [3.63, 3.8) is 0 Å². The molecule has 135 heavy (non-hydrogen) atoms. The molecule has 0 saturated carbocycles. The number of nitrogens with one attached hydrogen (secondary N) is 11. The highest BCUT2D eigenvalue weighted by Crippen LogP contribution is 2.36. The molecule has 6 saturated heterocycles. The van der Waals surface area contributed by atoms with Crippen LogP contribution in [0.4, 0.5) is 63.3 Å². The van der Waals surface area contributed by atoms with Gasteiger partial charge in [-0.25, -0.2) is 17.6 Å². The lowest BCUT2D eigenvalue weighted by Gasteiger charge is -2.36. The van der Waals surface area contributed by atoms with Crippen molar-refractivity contribution < 1.29 is 99.2 Å². The fourth-order valence-corrected chi connectivity index (χ4v) is 17.5. The Morgan fingerprint density at radius 2 is 0.867 bits per heavy atom. The van der Waals surface area contributed by atoms with Crippen LogP contribution in [0.2, 0.25) is 0 Å². The van der Waals surface area contributed by atoms with Crippen LogP contribution in [0.3, 0.4) is 0 Å². The monoisotopic (exact) mass is 1850 g/mol. The first-order chi connectivity index (χ1) is 65.4. The number of benzene rings is 8. The number of ether oxygens (including phenoxy) is 4. The molecule has 8 aromatic carbocycles. The number of halogens is 4. The molecule has 6 fully saturated rings. The number of anilines is 8. The molecule has 39 heteroatoms. The second-order valence-electron chi connectivity index (χ2n) is 33.7. The molecule has 35 nitrogen and oxygen atoms in total. The number of H-pyrrole nitrogens is 2. The van der Waals surface area contributed by atoms with Crippen molar-refractivity contribution in [2.24, 2.45) is 0 Å². The summed E-state index contributed by atoms with van der Waals surface area (Å²) in [5, 5.41) is 51.6. The number of aromatic nitrogens is 4. The minimum Gasteiger partial charge on any atom is -0.481 e. The maximum atomic E-state index is 14.0. The van der Waals surface area contributed by atoms with Gasteiger partial charge in [0.25, 0.3) is 35.4 Å². The van der Waals surface area contributed by atoms with Crippen molar-refractivity contribution in [1.82, 2.24) is 51.0 Å². The summed E-state index contributed by atoms with van der Waals surface area (Å²) in [5.41, 5.74) is 10.4. The second kappa shape index (κ2) is 43.0. The molecule has 11 amide bonds. The zero-order chi connectivity index (χ0) is 94.3. The SMILES string of the molecule is O=C(Nc1n[nH]c2ccc(Cc3cc(F)cc(F)c3)cc12)c1ccc(N2CCNCC2)cc1NC1CCOCC1.O=C(O)CCOCCNc1ccc2c(c1)C(=O)N(C1CCC(=O)NC1=O)C2=O.O=C1CCC(N2C(=O)c3ccc(NCCOCCC(=O)N4CCN(c5ccc(C(=O)Nc6n[nH]c7ccc(Cc8cc(F)cc(F)c8)cc67)c(NC6CCOCC6)c5)CC4)cc3C2=O)C(=O)N1. The van der Waals surface area contributed by atoms with Gasteiger partial charge in [0.15, 0.2) is 11.6 Å². The van der Waals surface area contributed by atoms with Crippen molar-refractivity contribution in [1.29, 1.82) is 0 Å². The number of nitrogens with zero attached hydrogens (tertiary/aromatic N) is 7. The average molecular weight is 1850 g/mol. The number of aromatic amines is 2. The van der Waals surface area contributed by atoms with Crippen LogP contribution in [0.15, 0.2) is 146 Å². The topological polar surface area (TPSA) is 444 Å². The van der Waals surface area contributed by atoms with E-state index in [1.807, 2.05) is 65.6 Å². The van der Waals surface area contributed by atoms with Gasteiger partial charge in [-0.2, -0.15) is 10.2 Å². The Labute approximate surface area is 770 Å². The predicted molar refractivity (Wildman–Crippen MR) is 490 cm³/mol. The Morgan fingerprint density at radius 3 is 1.30 bits per heavy atom. The van der Waals surface area contributed by atoms with Gasteiger partial charge in [-0.15, -0.1) is 0 Å². The van der Waals surface area contributed by atoms with Gasteiger partial charge in [-0.05, 0) is 195 Å². The van der Waals surface area contributed by atoms with Crippen molar-refractivity contribution in [3.8, 4) is 0 Å². The molecule has 2 aromatic heterocycles. The number of carbonyl (C=O) groups excluding carboxylic acids is 11. The van der Waals surface area contributed by atoms with E-state index in [9.17, 15) is 75.1 Å². The minimum atomic E-state index is -1.04. The molecular weight excluding hydrogens is 1750 g/mol. The van der Waals surface area contributed by atoms with Gasteiger partial charge in [-0.3, -0.25) is 88.2 Å². The molecule has 10 aromatic rings. The van der Waals surface area contributed by atoms with Crippen LogP contribution >= 0.6 is 0 Å². The summed E-state index contributed by atoms with van der Waals surface area (Å²) in [5.74, 6) is -7.84. The zero-order valence-corrected chi connectivity index (χ0v) is 73.5. The maximum absolute atomic E-state index is 14.0. The van der Waals surface area contributed by atoms with E-state index >= 15 is 0 Å². The molecule has 10 heterocycles. The lowest BCUT2D eigenvalue weighted by Crippen LogP contribution is -2.54. The fraction of sp³-hybridized carbons (Fsp3) is 0.354. The highest BCUT2D eigenvalue weighted by Gasteiger charge is 2.47. The third-order valence-corrected chi connectivity index (χ3v) is 24.5. The molecule has 8 aliphatic heterocycles. The highest BCUT2D eigenvalue weighted by molar-refractivity contribution is 6.25. The lowest BCUT2D eigenvalue weighted by molar-refractivity contribution is -0.138. The van der Waals surface area contributed by atoms with E-state index < -0.39 is 88.6 Å². The van der Waals surface area contributed by atoms with Crippen molar-refractivity contribution in [2.45, 2.75) is 101 Å². The summed E-state index contributed by atoms with van der Waals surface area (Å²) in [6, 6.07) is 37.3. The van der Waals surface area contributed by atoms with E-state index in [0.29, 0.717) is 134 Å². The molecule has 0 radical (unpaired) electrons. The van der Waals surface area contributed by atoms with Gasteiger partial charge in [-0.1, -0.05) is 12.1 Å². The highest BCUT2D eigenvalue weighted by atomic mass is 19.1. The van der Waals surface area contributed by atoms with E-state index in [4.69, 9.17) is 24.1 Å². The normalized spacial score (nSPS) is 17.6. The van der Waals surface area contributed by atoms with Crippen molar-refractivity contribution in [2.75, 3.05) is 160 Å². The quantitative estimate of drug-likeness (QED) is 0.0113. The predicted octanol–water partition coefficient (Wildman–Crippen LogP) is 9.52. The smallest absolute Gasteiger partial charge is 0.305 e. The summed E-state index contributed by atoms with van der Waals surface area (Å²) in [6.07, 6.45) is 4.37. The van der Waals surface area contributed by atoms with Crippen LogP contribution in [0.25, 0.3) is 21.8 Å². The van der Waals surface area contributed by atoms with Gasteiger partial charge in [0.05, 0.1) is 83.7 Å². The Morgan fingerprint density at radius 1 is 0.444 bits per heavy atom. The van der Waals surface area contributed by atoms with E-state index in [1.165, 1.54) is 42.5 Å². The first kappa shape index (κ1) is 93.7. The standard InChI is InChI=1S/C48H49F2N9O8.C30H32F2N6O2.C18H19N3O7/c49-30-22-29(23-31(50)25-30)21-28-1-6-39-38(24-28)44(56-55-39)54-45(62)36-5-3-34(27-40(36)52-32-9-17-66-18-10-32)57-13-15-58(16-14-57)43(61)11-19-67-20-12-51-33-2-4-35-37(26-33)48(65)59(47(35)64)41-7-8-42(60)53-46(41)63;31-21-14-20(15-22(32)17-21)13-19-1-4-27-26(16-19)29(37-36-27)35-30(39)25-3-2-24(38-9-7-33-8-10-38)18-28(25)34-23-5-11-40-12-6-23;22-14-4-3-13(16(25)20-14)21-17(26)11-2-1-10(9-12(11)18(21)27)19-6-8-28-7-5-15(23)24/h1-6,22-27,32,41,51-52H,7-21H2,(H,53,60,63)(H2,54,55,56,62);1-4,14-18,23,33-34H,5-13H2,(H2,35,36,37,39);1-2,9,13,19H,3-8H2,(H,23,24)(H,20,22,25). The van der Waals surface area contributed by atoms with Crippen molar-refractivity contribution >= 4 is 139 Å². The number of amides is 11. The lowest BCUT2D eigenvalue weighted by atomic mass is 10.0. The summed E-state index contributed by atoms with van der Waals surface area (Å²) < 4.78 is 77.2.